The van der Waals surface area contributed by atoms with E-state index in [-0.39, 0.29) is 5.41 Å². The fraction of sp³-hybridized carbons (Fsp3) is 0.600. The molecule has 1 aromatic rings. The molecule has 3 heteroatoms. The summed E-state index contributed by atoms with van der Waals surface area (Å²) in [6.07, 6.45) is 0. The van der Waals surface area contributed by atoms with Crippen molar-refractivity contribution in [3.63, 3.8) is 0 Å². The summed E-state index contributed by atoms with van der Waals surface area (Å²) in [5.74, 6) is 0.999. The molecule has 1 saturated heterocycles. The smallest absolute Gasteiger partial charge is 0.124 e. The van der Waals surface area contributed by atoms with Crippen LogP contribution in [0.1, 0.15) is 26.3 Å². The first-order valence-corrected chi connectivity index (χ1v) is 6.66. The summed E-state index contributed by atoms with van der Waals surface area (Å²) in [5.41, 5.74) is 2.65. The molecular weight excluding hydrogens is 224 g/mol. The van der Waals surface area contributed by atoms with Gasteiger partial charge in [-0.1, -0.05) is 26.8 Å². The quantitative estimate of drug-likeness (QED) is 0.870. The van der Waals surface area contributed by atoms with E-state index in [2.05, 4.69) is 49.2 Å². The Morgan fingerprint density at radius 2 is 1.83 bits per heavy atom. The fourth-order valence-corrected chi connectivity index (χ4v) is 2.42. The van der Waals surface area contributed by atoms with Gasteiger partial charge in [0.05, 0.1) is 7.11 Å². The van der Waals surface area contributed by atoms with Gasteiger partial charge in [-0.15, -0.1) is 0 Å². The molecule has 100 valence electrons. The van der Waals surface area contributed by atoms with E-state index in [1.165, 1.54) is 11.3 Å². The second-order valence-electron chi connectivity index (χ2n) is 5.87. The lowest BCUT2D eigenvalue weighted by Gasteiger charge is -2.31. The van der Waals surface area contributed by atoms with E-state index in [0.29, 0.717) is 0 Å². The molecule has 1 fully saturated rings. The number of methoxy groups -OCH3 is 1. The molecule has 18 heavy (non-hydrogen) atoms. The first-order chi connectivity index (χ1) is 8.52. The maximum Gasteiger partial charge on any atom is 0.124 e. The van der Waals surface area contributed by atoms with Crippen LogP contribution in [0.2, 0.25) is 0 Å². The highest BCUT2D eigenvalue weighted by Gasteiger charge is 2.20. The minimum atomic E-state index is 0.118. The summed E-state index contributed by atoms with van der Waals surface area (Å²) in [6.45, 7) is 10.9. The Hall–Kier alpha value is -1.22. The predicted octanol–water partition coefficient (Wildman–Crippen LogP) is 2.40. The van der Waals surface area contributed by atoms with Crippen molar-refractivity contribution in [2.45, 2.75) is 26.2 Å². The van der Waals surface area contributed by atoms with Crippen molar-refractivity contribution < 1.29 is 4.74 Å². The molecule has 0 atom stereocenters. The highest BCUT2D eigenvalue weighted by atomic mass is 16.5. The second-order valence-corrected chi connectivity index (χ2v) is 5.87. The molecule has 0 unspecified atom stereocenters. The van der Waals surface area contributed by atoms with Crippen molar-refractivity contribution in [2.24, 2.45) is 0 Å². The number of anilines is 1. The van der Waals surface area contributed by atoms with Gasteiger partial charge >= 0.3 is 0 Å². The molecule has 1 N–H and O–H groups in total. The Labute approximate surface area is 110 Å². The molecule has 0 saturated carbocycles. The molecule has 1 heterocycles. The molecule has 3 nitrogen and oxygen atoms in total. The zero-order chi connectivity index (χ0) is 13.2. The second kappa shape index (κ2) is 5.19. The highest BCUT2D eigenvalue weighted by Crippen LogP contribution is 2.34. The van der Waals surface area contributed by atoms with Crippen molar-refractivity contribution >= 4 is 5.69 Å². The van der Waals surface area contributed by atoms with Crippen LogP contribution in [-0.4, -0.2) is 33.3 Å². The predicted molar refractivity (Wildman–Crippen MR) is 76.8 cm³/mol. The van der Waals surface area contributed by atoms with Gasteiger partial charge < -0.3 is 15.0 Å². The number of hydrogen-bond donors (Lipinski definition) is 1. The first-order valence-electron chi connectivity index (χ1n) is 6.66. The molecule has 1 aromatic carbocycles. The Bertz CT molecular complexity index is 403. The Morgan fingerprint density at radius 3 is 2.39 bits per heavy atom. The minimum absolute atomic E-state index is 0.118. The maximum atomic E-state index is 5.56. The Morgan fingerprint density at radius 1 is 1.17 bits per heavy atom. The molecule has 1 aliphatic rings. The molecular formula is C15H24N2O. The number of nitrogens with one attached hydrogen (secondary N) is 1. The van der Waals surface area contributed by atoms with Crippen molar-refractivity contribution in [1.29, 1.82) is 0 Å². The summed E-state index contributed by atoms with van der Waals surface area (Å²) in [7, 11) is 1.76. The summed E-state index contributed by atoms with van der Waals surface area (Å²) in [5, 5.41) is 3.38. The average molecular weight is 248 g/mol. The fourth-order valence-electron chi connectivity index (χ4n) is 2.42. The van der Waals surface area contributed by atoms with Gasteiger partial charge in [-0.3, -0.25) is 0 Å². The van der Waals surface area contributed by atoms with E-state index in [1.807, 2.05) is 0 Å². The third kappa shape index (κ3) is 2.78. The number of benzene rings is 1. The van der Waals surface area contributed by atoms with Gasteiger partial charge in [0.15, 0.2) is 0 Å². The van der Waals surface area contributed by atoms with Crippen LogP contribution in [0.5, 0.6) is 5.75 Å². The number of hydrogen-bond acceptors (Lipinski definition) is 3. The minimum Gasteiger partial charge on any atom is -0.496 e. The van der Waals surface area contributed by atoms with E-state index in [4.69, 9.17) is 4.74 Å². The Balaban J connectivity index is 2.29. The van der Waals surface area contributed by atoms with Crippen molar-refractivity contribution in [3.8, 4) is 5.75 Å². The van der Waals surface area contributed by atoms with Gasteiger partial charge in [-0.2, -0.15) is 0 Å². The van der Waals surface area contributed by atoms with E-state index >= 15 is 0 Å². The summed E-state index contributed by atoms with van der Waals surface area (Å²) in [6, 6.07) is 6.59. The molecule has 0 amide bonds. The van der Waals surface area contributed by atoms with Crippen molar-refractivity contribution in [1.82, 2.24) is 5.32 Å². The maximum absolute atomic E-state index is 5.56. The molecule has 2 rings (SSSR count). The highest BCUT2D eigenvalue weighted by molar-refractivity contribution is 5.55. The standard InChI is InChI=1S/C15H24N2O/c1-15(2,3)13-6-5-12(11-14(13)18-4)17-9-7-16-8-10-17/h5-6,11,16H,7-10H2,1-4H3. The van der Waals surface area contributed by atoms with Gasteiger partial charge in [0.1, 0.15) is 5.75 Å². The van der Waals surface area contributed by atoms with E-state index < -0.39 is 0 Å². The van der Waals surface area contributed by atoms with Crippen LogP contribution in [0.25, 0.3) is 0 Å². The van der Waals surface area contributed by atoms with Gasteiger partial charge in [-0.05, 0) is 17.0 Å². The average Bonchev–Trinajstić information content (AvgIpc) is 2.38. The summed E-state index contributed by atoms with van der Waals surface area (Å²) in [4.78, 5) is 2.41. The third-order valence-electron chi connectivity index (χ3n) is 3.48. The van der Waals surface area contributed by atoms with Crippen LogP contribution >= 0.6 is 0 Å². The van der Waals surface area contributed by atoms with E-state index in [0.717, 1.165) is 31.9 Å². The molecule has 0 aromatic heterocycles. The lowest BCUT2D eigenvalue weighted by molar-refractivity contribution is 0.397. The SMILES string of the molecule is COc1cc(N2CCNCC2)ccc1C(C)(C)C. The summed E-state index contributed by atoms with van der Waals surface area (Å²) < 4.78 is 5.56. The van der Waals surface area contributed by atoms with Gasteiger partial charge in [0, 0.05) is 37.9 Å². The summed E-state index contributed by atoms with van der Waals surface area (Å²) >= 11 is 0. The number of nitrogens with zero attached hydrogens (tertiary/aromatic N) is 1. The molecule has 1 aliphatic heterocycles. The molecule has 0 bridgehead atoms. The number of piperazine rings is 1. The molecule has 0 aliphatic carbocycles. The Kier molecular flexibility index (Phi) is 3.81. The zero-order valence-electron chi connectivity index (χ0n) is 11.9. The first kappa shape index (κ1) is 13.2. The molecule has 0 radical (unpaired) electrons. The van der Waals surface area contributed by atoms with Crippen LogP contribution in [-0.2, 0) is 5.41 Å². The van der Waals surface area contributed by atoms with Crippen LogP contribution in [0.3, 0.4) is 0 Å². The zero-order valence-corrected chi connectivity index (χ0v) is 11.9. The lowest BCUT2D eigenvalue weighted by Crippen LogP contribution is -2.43. The lowest BCUT2D eigenvalue weighted by atomic mass is 9.86. The van der Waals surface area contributed by atoms with Gasteiger partial charge in [0.2, 0.25) is 0 Å². The van der Waals surface area contributed by atoms with E-state index in [9.17, 15) is 0 Å². The number of rotatable bonds is 2. The largest absolute Gasteiger partial charge is 0.496 e. The van der Waals surface area contributed by atoms with Crippen LogP contribution in [0.15, 0.2) is 18.2 Å². The van der Waals surface area contributed by atoms with Crippen LogP contribution in [0.4, 0.5) is 5.69 Å². The van der Waals surface area contributed by atoms with Crippen LogP contribution in [0, 0.1) is 0 Å². The topological polar surface area (TPSA) is 24.5 Å². The monoisotopic (exact) mass is 248 g/mol. The van der Waals surface area contributed by atoms with Crippen molar-refractivity contribution in [2.75, 3.05) is 38.2 Å². The van der Waals surface area contributed by atoms with Crippen molar-refractivity contribution in [3.05, 3.63) is 23.8 Å². The molecule has 0 spiro atoms. The third-order valence-corrected chi connectivity index (χ3v) is 3.48. The number of ether oxygens (including phenoxy) is 1. The van der Waals surface area contributed by atoms with E-state index in [1.54, 1.807) is 7.11 Å². The normalized spacial score (nSPS) is 16.8. The van der Waals surface area contributed by atoms with Gasteiger partial charge in [0.25, 0.3) is 0 Å². The van der Waals surface area contributed by atoms with Gasteiger partial charge in [-0.25, -0.2) is 0 Å². The van der Waals surface area contributed by atoms with Crippen LogP contribution < -0.4 is 15.0 Å².